The lowest BCUT2D eigenvalue weighted by Gasteiger charge is -2.26. The molecule has 0 spiro atoms. The van der Waals surface area contributed by atoms with E-state index in [4.69, 9.17) is 14.2 Å². The van der Waals surface area contributed by atoms with Gasteiger partial charge in [0.15, 0.2) is 11.5 Å². The van der Waals surface area contributed by atoms with Crippen molar-refractivity contribution in [2.75, 3.05) is 18.1 Å². The van der Waals surface area contributed by atoms with Gasteiger partial charge in [-0.3, -0.25) is 14.9 Å². The van der Waals surface area contributed by atoms with Crippen molar-refractivity contribution in [1.82, 2.24) is 5.32 Å². The zero-order valence-electron chi connectivity index (χ0n) is 21.0. The Morgan fingerprint density at radius 1 is 0.921 bits per heavy atom. The van der Waals surface area contributed by atoms with Gasteiger partial charge in [-0.1, -0.05) is 37.3 Å². The Morgan fingerprint density at radius 3 is 2.34 bits per heavy atom. The number of imide groups is 2. The minimum absolute atomic E-state index is 0.189. The summed E-state index contributed by atoms with van der Waals surface area (Å²) in [7, 11) is 0. The van der Waals surface area contributed by atoms with Crippen LogP contribution in [0.3, 0.4) is 0 Å². The van der Waals surface area contributed by atoms with Crippen LogP contribution in [-0.2, 0) is 16.2 Å². The highest BCUT2D eigenvalue weighted by atomic mass is 79.9. The first-order chi connectivity index (χ1) is 18.4. The number of hydrogen-bond acceptors (Lipinski definition) is 6. The highest BCUT2D eigenvalue weighted by Gasteiger charge is 2.37. The molecule has 1 fully saturated rings. The van der Waals surface area contributed by atoms with E-state index in [-0.39, 0.29) is 5.57 Å². The summed E-state index contributed by atoms with van der Waals surface area (Å²) in [4.78, 5) is 39.5. The van der Waals surface area contributed by atoms with Crippen LogP contribution in [0.5, 0.6) is 17.2 Å². The Labute approximate surface area is 229 Å². The summed E-state index contributed by atoms with van der Waals surface area (Å²) in [6.45, 7) is 5.14. The van der Waals surface area contributed by atoms with Crippen LogP contribution in [0.1, 0.15) is 31.4 Å². The van der Waals surface area contributed by atoms with E-state index in [1.54, 1.807) is 36.4 Å². The van der Waals surface area contributed by atoms with Gasteiger partial charge in [0, 0.05) is 0 Å². The fraction of sp³-hybridized carbons (Fsp3) is 0.207. The monoisotopic (exact) mass is 578 g/mol. The van der Waals surface area contributed by atoms with Crippen molar-refractivity contribution in [3.05, 3.63) is 87.9 Å². The van der Waals surface area contributed by atoms with E-state index in [1.165, 1.54) is 6.08 Å². The van der Waals surface area contributed by atoms with Crippen LogP contribution >= 0.6 is 15.9 Å². The molecular weight excluding hydrogens is 552 g/mol. The van der Waals surface area contributed by atoms with Crippen LogP contribution in [0.4, 0.5) is 10.5 Å². The first-order valence-electron chi connectivity index (χ1n) is 12.2. The molecular formula is C29H27BrN2O6. The number of anilines is 1. The molecule has 1 heterocycles. The summed E-state index contributed by atoms with van der Waals surface area (Å²) in [5, 5.41) is 2.24. The number of benzene rings is 3. The number of carbonyl (C=O) groups is 3. The van der Waals surface area contributed by atoms with E-state index < -0.39 is 17.8 Å². The van der Waals surface area contributed by atoms with Crippen molar-refractivity contribution in [2.45, 2.75) is 26.9 Å². The summed E-state index contributed by atoms with van der Waals surface area (Å²) >= 11 is 3.49. The van der Waals surface area contributed by atoms with Crippen molar-refractivity contribution in [1.29, 1.82) is 0 Å². The summed E-state index contributed by atoms with van der Waals surface area (Å²) < 4.78 is 17.9. The first kappa shape index (κ1) is 26.9. The molecule has 1 saturated heterocycles. The third-order valence-corrected chi connectivity index (χ3v) is 6.13. The Balaban J connectivity index is 1.57. The third kappa shape index (κ3) is 6.23. The SMILES string of the molecule is CCCOc1c(Br)cc(/C=C2\C(=O)NC(=O)N(c3ccc(OCc4ccccc4)cc3)C2=O)cc1OCC. The summed E-state index contributed by atoms with van der Waals surface area (Å²) in [6, 6.07) is 18.8. The zero-order chi connectivity index (χ0) is 27.1. The molecule has 0 aliphatic carbocycles. The van der Waals surface area contributed by atoms with Crippen molar-refractivity contribution in [3.63, 3.8) is 0 Å². The van der Waals surface area contributed by atoms with Crippen LogP contribution in [0, 0.1) is 0 Å². The number of amides is 4. The molecule has 38 heavy (non-hydrogen) atoms. The van der Waals surface area contributed by atoms with E-state index in [0.717, 1.165) is 16.9 Å². The fourth-order valence-corrected chi connectivity index (χ4v) is 4.34. The molecule has 4 amide bonds. The minimum atomic E-state index is -0.824. The number of halogens is 1. The normalized spacial score (nSPS) is 14.4. The number of nitrogens with one attached hydrogen (secondary N) is 1. The zero-order valence-corrected chi connectivity index (χ0v) is 22.6. The van der Waals surface area contributed by atoms with Gasteiger partial charge in [0.25, 0.3) is 11.8 Å². The third-order valence-electron chi connectivity index (χ3n) is 5.54. The lowest BCUT2D eigenvalue weighted by molar-refractivity contribution is -0.122. The number of urea groups is 1. The van der Waals surface area contributed by atoms with Gasteiger partial charge < -0.3 is 14.2 Å². The van der Waals surface area contributed by atoms with Crippen LogP contribution in [0.25, 0.3) is 6.08 Å². The molecule has 8 nitrogen and oxygen atoms in total. The second-order valence-corrected chi connectivity index (χ2v) is 9.19. The van der Waals surface area contributed by atoms with Crippen LogP contribution in [0.15, 0.2) is 76.8 Å². The number of rotatable bonds is 10. The maximum atomic E-state index is 13.3. The average Bonchev–Trinajstić information content (AvgIpc) is 2.91. The van der Waals surface area contributed by atoms with Crippen molar-refractivity contribution in [2.24, 2.45) is 0 Å². The van der Waals surface area contributed by atoms with Gasteiger partial charge in [-0.2, -0.15) is 0 Å². The molecule has 0 saturated carbocycles. The Hall–Kier alpha value is -4.11. The number of hydrogen-bond donors (Lipinski definition) is 1. The molecule has 1 N–H and O–H groups in total. The van der Waals surface area contributed by atoms with E-state index in [0.29, 0.717) is 52.8 Å². The predicted octanol–water partition coefficient (Wildman–Crippen LogP) is 5.88. The topological polar surface area (TPSA) is 94.2 Å². The highest BCUT2D eigenvalue weighted by molar-refractivity contribution is 9.10. The van der Waals surface area contributed by atoms with Crippen LogP contribution < -0.4 is 24.4 Å². The quantitative estimate of drug-likeness (QED) is 0.238. The fourth-order valence-electron chi connectivity index (χ4n) is 3.77. The van der Waals surface area contributed by atoms with Crippen LogP contribution in [-0.4, -0.2) is 31.1 Å². The molecule has 0 unspecified atom stereocenters. The lowest BCUT2D eigenvalue weighted by Crippen LogP contribution is -2.54. The lowest BCUT2D eigenvalue weighted by atomic mass is 10.1. The van der Waals surface area contributed by atoms with Crippen LogP contribution in [0.2, 0.25) is 0 Å². The molecule has 9 heteroatoms. The molecule has 196 valence electrons. The Morgan fingerprint density at radius 2 is 1.66 bits per heavy atom. The van der Waals surface area contributed by atoms with Gasteiger partial charge in [0.05, 0.1) is 23.4 Å². The molecule has 3 aromatic carbocycles. The van der Waals surface area contributed by atoms with Crippen molar-refractivity contribution >= 4 is 45.5 Å². The highest BCUT2D eigenvalue weighted by Crippen LogP contribution is 2.38. The van der Waals surface area contributed by atoms with E-state index in [9.17, 15) is 14.4 Å². The maximum absolute atomic E-state index is 13.3. The molecule has 3 aromatic rings. The van der Waals surface area contributed by atoms with Crippen molar-refractivity contribution < 1.29 is 28.6 Å². The number of nitrogens with zero attached hydrogens (tertiary/aromatic N) is 1. The maximum Gasteiger partial charge on any atom is 0.335 e. The largest absolute Gasteiger partial charge is 0.490 e. The van der Waals surface area contributed by atoms with Gasteiger partial charge in [0.1, 0.15) is 17.9 Å². The number of barbiturate groups is 1. The molecule has 0 aromatic heterocycles. The first-order valence-corrected chi connectivity index (χ1v) is 13.0. The molecule has 1 aliphatic rings. The molecule has 0 radical (unpaired) electrons. The second kappa shape index (κ2) is 12.4. The summed E-state index contributed by atoms with van der Waals surface area (Å²) in [6.07, 6.45) is 2.24. The minimum Gasteiger partial charge on any atom is -0.490 e. The van der Waals surface area contributed by atoms with Crippen molar-refractivity contribution in [3.8, 4) is 17.2 Å². The van der Waals surface area contributed by atoms with Gasteiger partial charge in [-0.05, 0) is 82.9 Å². The smallest absolute Gasteiger partial charge is 0.335 e. The Bertz CT molecular complexity index is 1360. The van der Waals surface area contributed by atoms with E-state index >= 15 is 0 Å². The number of carbonyl (C=O) groups excluding carboxylic acids is 3. The standard InChI is InChI=1S/C29H27BrN2O6/c1-3-14-37-26-24(30)16-20(17-25(26)36-4-2)15-23-27(33)31-29(35)32(28(23)34)21-10-12-22(13-11-21)38-18-19-8-6-5-7-9-19/h5-13,15-17H,3-4,14,18H2,1-2H3,(H,31,33,35)/b23-15+. The van der Waals surface area contributed by atoms with Gasteiger partial charge in [0.2, 0.25) is 0 Å². The van der Waals surface area contributed by atoms with Gasteiger partial charge in [-0.15, -0.1) is 0 Å². The number of ether oxygens (including phenoxy) is 3. The Kier molecular flexibility index (Phi) is 8.81. The van der Waals surface area contributed by atoms with Gasteiger partial charge in [-0.25, -0.2) is 9.69 Å². The molecule has 0 atom stereocenters. The van der Waals surface area contributed by atoms with E-state index in [1.807, 2.05) is 44.2 Å². The average molecular weight is 579 g/mol. The second-order valence-electron chi connectivity index (χ2n) is 8.34. The summed E-state index contributed by atoms with van der Waals surface area (Å²) in [5.74, 6) is 0.0797. The van der Waals surface area contributed by atoms with E-state index in [2.05, 4.69) is 21.2 Å². The molecule has 4 rings (SSSR count). The van der Waals surface area contributed by atoms with Gasteiger partial charge >= 0.3 is 6.03 Å². The predicted molar refractivity (Wildman–Crippen MR) is 147 cm³/mol. The summed E-state index contributed by atoms with van der Waals surface area (Å²) in [5.41, 5.74) is 1.66. The molecule has 0 bridgehead atoms. The molecule has 1 aliphatic heterocycles.